The number of Topliss-reactive ketones (excluding diaryl/α,β-unsaturated/α-hetero) is 1. The van der Waals surface area contributed by atoms with E-state index in [1.807, 2.05) is 77.7 Å². The van der Waals surface area contributed by atoms with Gasteiger partial charge in [0.15, 0.2) is 11.7 Å². The molecular weight excluding hydrogens is 534 g/mol. The molecule has 5 N–H and O–H groups in total. The number of carbonyl (C=O) groups is 2. The third-order valence-corrected chi connectivity index (χ3v) is 8.34. The van der Waals surface area contributed by atoms with Crippen molar-refractivity contribution in [1.82, 2.24) is 10.2 Å². The number of amides is 1. The Morgan fingerprint density at radius 2 is 1.51 bits per heavy atom. The van der Waals surface area contributed by atoms with Crippen molar-refractivity contribution in [1.29, 1.82) is 0 Å². The van der Waals surface area contributed by atoms with Gasteiger partial charge in [-0.1, -0.05) is 97.1 Å². The first-order valence-corrected chi connectivity index (χ1v) is 15.2. The number of nitrogens with one attached hydrogen (secondary N) is 1. The average Bonchev–Trinajstić information content (AvgIpc) is 3.19. The molecule has 1 fully saturated rings. The monoisotopic (exact) mass is 575 g/mol. The lowest BCUT2D eigenvalue weighted by Crippen LogP contribution is -2.46. The fourth-order valence-electron chi connectivity index (χ4n) is 6.01. The van der Waals surface area contributed by atoms with E-state index in [0.29, 0.717) is 45.3 Å². The van der Waals surface area contributed by atoms with Crippen LogP contribution >= 0.6 is 0 Å². The maximum atomic E-state index is 14.0. The number of nitrogens with two attached hydrogens (primary N) is 2. The predicted octanol–water partition coefficient (Wildman–Crippen LogP) is 5.25. The summed E-state index contributed by atoms with van der Waals surface area (Å²) in [6, 6.07) is 34.4. The Morgan fingerprint density at radius 3 is 2.19 bits per heavy atom. The van der Waals surface area contributed by atoms with Crippen molar-refractivity contribution in [2.75, 3.05) is 19.6 Å². The second kappa shape index (κ2) is 14.6. The van der Waals surface area contributed by atoms with Gasteiger partial charge in [0.2, 0.25) is 5.91 Å². The summed E-state index contributed by atoms with van der Waals surface area (Å²) in [6.07, 6.45) is 3.15. The molecule has 7 nitrogen and oxygen atoms in total. The van der Waals surface area contributed by atoms with Crippen LogP contribution in [0.25, 0.3) is 10.8 Å². The van der Waals surface area contributed by atoms with Crippen LogP contribution in [0.15, 0.2) is 108 Å². The van der Waals surface area contributed by atoms with Gasteiger partial charge in [-0.3, -0.25) is 14.6 Å². The summed E-state index contributed by atoms with van der Waals surface area (Å²) < 4.78 is 0. The molecule has 0 radical (unpaired) electrons. The van der Waals surface area contributed by atoms with Gasteiger partial charge in [-0.2, -0.15) is 0 Å². The SMILES string of the molecule is NC(N)=NCCC[C@H]1N[C@@H](CCC(=O)c2ccc3ccccc3c2)CCN(CC(c2ccccc2)c2ccccc2)C1=O. The summed E-state index contributed by atoms with van der Waals surface area (Å²) in [5.41, 5.74) is 14.1. The molecule has 0 unspecified atom stereocenters. The molecule has 0 spiro atoms. The van der Waals surface area contributed by atoms with Crippen molar-refractivity contribution in [2.24, 2.45) is 16.5 Å². The van der Waals surface area contributed by atoms with Gasteiger partial charge in [0, 0.05) is 43.6 Å². The van der Waals surface area contributed by atoms with Crippen molar-refractivity contribution in [3.63, 3.8) is 0 Å². The first-order valence-electron chi connectivity index (χ1n) is 15.2. The van der Waals surface area contributed by atoms with Crippen LogP contribution in [0.4, 0.5) is 0 Å². The van der Waals surface area contributed by atoms with Gasteiger partial charge in [0.25, 0.3) is 0 Å². The van der Waals surface area contributed by atoms with Crippen LogP contribution < -0.4 is 16.8 Å². The molecule has 43 heavy (non-hydrogen) atoms. The van der Waals surface area contributed by atoms with Crippen molar-refractivity contribution in [3.05, 3.63) is 120 Å². The quantitative estimate of drug-likeness (QED) is 0.0925. The summed E-state index contributed by atoms with van der Waals surface area (Å²) in [7, 11) is 0. The van der Waals surface area contributed by atoms with Crippen LogP contribution in [0.3, 0.4) is 0 Å². The van der Waals surface area contributed by atoms with Gasteiger partial charge in [0.1, 0.15) is 0 Å². The normalized spacial score (nSPS) is 17.1. The predicted molar refractivity (Wildman–Crippen MR) is 174 cm³/mol. The van der Waals surface area contributed by atoms with Gasteiger partial charge in [0.05, 0.1) is 6.04 Å². The first-order chi connectivity index (χ1) is 21.0. The van der Waals surface area contributed by atoms with Crippen molar-refractivity contribution in [3.8, 4) is 0 Å². The van der Waals surface area contributed by atoms with Crippen LogP contribution in [-0.4, -0.2) is 54.3 Å². The molecular formula is C36H41N5O2. The number of fused-ring (bicyclic) bond motifs is 1. The van der Waals surface area contributed by atoms with Crippen molar-refractivity contribution < 1.29 is 9.59 Å². The molecule has 1 amide bonds. The van der Waals surface area contributed by atoms with E-state index in [0.717, 1.165) is 22.8 Å². The van der Waals surface area contributed by atoms with E-state index in [2.05, 4.69) is 40.6 Å². The zero-order valence-electron chi connectivity index (χ0n) is 24.6. The van der Waals surface area contributed by atoms with E-state index >= 15 is 0 Å². The lowest BCUT2D eigenvalue weighted by molar-refractivity contribution is -0.133. The molecule has 1 heterocycles. The van der Waals surface area contributed by atoms with E-state index < -0.39 is 0 Å². The molecule has 1 saturated heterocycles. The zero-order valence-corrected chi connectivity index (χ0v) is 24.6. The van der Waals surface area contributed by atoms with Gasteiger partial charge in [-0.15, -0.1) is 0 Å². The van der Waals surface area contributed by atoms with Crippen LogP contribution in [0.5, 0.6) is 0 Å². The highest BCUT2D eigenvalue weighted by atomic mass is 16.2. The standard InChI is InChI=1S/C36H41N5O2/c37-36(38)39-22-9-16-33-35(43)41(25-32(27-11-3-1-4-12-27)28-13-5-2-6-14-28)23-21-31(40-33)19-20-34(42)30-18-17-26-10-7-8-15-29(26)24-30/h1-8,10-15,17-18,24,31-33,40H,9,16,19-23,25H2,(H4,37,38,39)/t31-,33+/m0/s1. The smallest absolute Gasteiger partial charge is 0.239 e. The van der Waals surface area contributed by atoms with E-state index in [1.54, 1.807) is 0 Å². The molecule has 4 aromatic rings. The highest BCUT2D eigenvalue weighted by Crippen LogP contribution is 2.27. The van der Waals surface area contributed by atoms with E-state index in [9.17, 15) is 9.59 Å². The molecule has 1 aliphatic heterocycles. The summed E-state index contributed by atoms with van der Waals surface area (Å²) in [4.78, 5) is 33.4. The largest absolute Gasteiger partial charge is 0.370 e. The highest BCUT2D eigenvalue weighted by molar-refractivity contribution is 6.00. The number of rotatable bonds is 12. The summed E-state index contributed by atoms with van der Waals surface area (Å²) >= 11 is 0. The van der Waals surface area contributed by atoms with Crippen LogP contribution in [-0.2, 0) is 4.79 Å². The molecule has 7 heteroatoms. The van der Waals surface area contributed by atoms with Crippen LogP contribution in [0.1, 0.15) is 59.5 Å². The molecule has 2 atom stereocenters. The van der Waals surface area contributed by atoms with E-state index in [-0.39, 0.29) is 35.7 Å². The van der Waals surface area contributed by atoms with Gasteiger partial charge in [-0.05, 0) is 53.6 Å². The molecule has 222 valence electrons. The van der Waals surface area contributed by atoms with Gasteiger partial charge < -0.3 is 21.7 Å². The molecule has 1 aliphatic rings. The number of hydrogen-bond acceptors (Lipinski definition) is 4. The minimum atomic E-state index is -0.371. The van der Waals surface area contributed by atoms with E-state index in [4.69, 9.17) is 11.5 Å². The fraction of sp³-hybridized carbons (Fsp3) is 0.306. The summed E-state index contributed by atoms with van der Waals surface area (Å²) in [6.45, 7) is 1.68. The highest BCUT2D eigenvalue weighted by Gasteiger charge is 2.32. The zero-order chi connectivity index (χ0) is 30.0. The maximum Gasteiger partial charge on any atom is 0.239 e. The lowest BCUT2D eigenvalue weighted by Gasteiger charge is -2.29. The Balaban J connectivity index is 1.31. The van der Waals surface area contributed by atoms with Crippen molar-refractivity contribution in [2.45, 2.75) is 50.1 Å². The Morgan fingerprint density at radius 1 is 0.860 bits per heavy atom. The third-order valence-electron chi connectivity index (χ3n) is 8.34. The number of hydrogen-bond donors (Lipinski definition) is 3. The Labute approximate surface area is 254 Å². The molecule has 0 aliphatic carbocycles. The molecule has 4 aromatic carbocycles. The number of ketones is 1. The average molecular weight is 576 g/mol. The minimum Gasteiger partial charge on any atom is -0.370 e. The molecule has 0 bridgehead atoms. The first kappa shape index (κ1) is 30.0. The lowest BCUT2D eigenvalue weighted by atomic mass is 9.90. The second-order valence-electron chi connectivity index (χ2n) is 11.3. The number of benzene rings is 4. The summed E-state index contributed by atoms with van der Waals surface area (Å²) in [5, 5.41) is 5.80. The molecule has 0 aromatic heterocycles. The van der Waals surface area contributed by atoms with E-state index in [1.165, 1.54) is 11.1 Å². The second-order valence-corrected chi connectivity index (χ2v) is 11.3. The van der Waals surface area contributed by atoms with Gasteiger partial charge >= 0.3 is 0 Å². The van der Waals surface area contributed by atoms with Crippen molar-refractivity contribution >= 4 is 28.4 Å². The topological polar surface area (TPSA) is 114 Å². The maximum absolute atomic E-state index is 14.0. The summed E-state index contributed by atoms with van der Waals surface area (Å²) in [5.74, 6) is 0.322. The third kappa shape index (κ3) is 8.08. The van der Waals surface area contributed by atoms with Crippen LogP contribution in [0.2, 0.25) is 0 Å². The Bertz CT molecular complexity index is 1500. The minimum absolute atomic E-state index is 0.0401. The number of nitrogens with zero attached hydrogens (tertiary/aromatic N) is 2. The molecule has 0 saturated carbocycles. The number of guanidine groups is 1. The van der Waals surface area contributed by atoms with Crippen LogP contribution in [0, 0.1) is 0 Å². The Hall–Kier alpha value is -4.49. The Kier molecular flexibility index (Phi) is 10.2. The fourth-order valence-corrected chi connectivity index (χ4v) is 6.01. The molecule has 5 rings (SSSR count). The van der Waals surface area contributed by atoms with Gasteiger partial charge in [-0.25, -0.2) is 0 Å². The number of carbonyl (C=O) groups excluding carboxylic acids is 2. The number of aliphatic imine (C=N–C) groups is 1.